The minimum Gasteiger partial charge on any atom is -0.0998 e. The lowest BCUT2D eigenvalue weighted by molar-refractivity contribution is 0.100. The number of rotatable bonds is 1. The van der Waals surface area contributed by atoms with Gasteiger partial charge >= 0.3 is 0 Å². The number of fused-ring (bicyclic) bond motifs is 2. The van der Waals surface area contributed by atoms with Crippen LogP contribution in [0, 0.1) is 29.6 Å². The standard InChI is InChI=1S/C18H28/c1-4-15-10-14-7-8-16-9-12(2)5-6-13(3)17(11-14)18(15)16/h14-18H,2-11H2,1H3. The second kappa shape index (κ2) is 4.87. The molecule has 4 saturated carbocycles. The van der Waals surface area contributed by atoms with Crippen LogP contribution in [0.2, 0.25) is 0 Å². The third-order valence-electron chi connectivity index (χ3n) is 6.12. The van der Waals surface area contributed by atoms with Crippen molar-refractivity contribution in [1.82, 2.24) is 0 Å². The van der Waals surface area contributed by atoms with E-state index in [1.165, 1.54) is 56.9 Å². The fourth-order valence-corrected chi connectivity index (χ4v) is 5.23. The highest BCUT2D eigenvalue weighted by Crippen LogP contribution is 2.55. The average Bonchev–Trinajstić information content (AvgIpc) is 2.65. The Labute approximate surface area is 113 Å². The molecule has 5 unspecified atom stereocenters. The van der Waals surface area contributed by atoms with Gasteiger partial charge in [-0.3, -0.25) is 0 Å². The van der Waals surface area contributed by atoms with Gasteiger partial charge in [0.2, 0.25) is 0 Å². The van der Waals surface area contributed by atoms with Crippen molar-refractivity contribution in [2.24, 2.45) is 29.6 Å². The maximum absolute atomic E-state index is 4.46. The van der Waals surface area contributed by atoms with E-state index in [1.54, 1.807) is 5.57 Å². The van der Waals surface area contributed by atoms with Crippen LogP contribution in [0.5, 0.6) is 0 Å². The molecule has 0 aliphatic heterocycles. The second-order valence-corrected chi connectivity index (χ2v) is 7.14. The van der Waals surface area contributed by atoms with Crippen LogP contribution in [0.25, 0.3) is 0 Å². The molecule has 0 aromatic carbocycles. The van der Waals surface area contributed by atoms with Gasteiger partial charge in [-0.15, -0.1) is 0 Å². The molecule has 0 N–H and O–H groups in total. The zero-order chi connectivity index (χ0) is 12.7. The minimum absolute atomic E-state index is 0.856. The lowest BCUT2D eigenvalue weighted by Crippen LogP contribution is -2.36. The first-order chi connectivity index (χ1) is 8.69. The smallest absolute Gasteiger partial charge is 0.0169 e. The summed E-state index contributed by atoms with van der Waals surface area (Å²) in [5.41, 5.74) is 3.07. The molecule has 0 aromatic rings. The molecule has 5 atom stereocenters. The molecule has 0 heterocycles. The molecule has 0 saturated heterocycles. The minimum atomic E-state index is 0.856. The summed E-state index contributed by atoms with van der Waals surface area (Å²) in [7, 11) is 0. The Morgan fingerprint density at radius 3 is 2.72 bits per heavy atom. The van der Waals surface area contributed by atoms with Crippen LogP contribution in [-0.2, 0) is 0 Å². The van der Waals surface area contributed by atoms with Crippen molar-refractivity contribution >= 4 is 0 Å². The van der Waals surface area contributed by atoms with Crippen LogP contribution in [0.3, 0.4) is 0 Å². The third kappa shape index (κ3) is 2.08. The molecule has 0 radical (unpaired) electrons. The van der Waals surface area contributed by atoms with Crippen molar-refractivity contribution in [2.75, 3.05) is 0 Å². The average molecular weight is 244 g/mol. The highest BCUT2D eigenvalue weighted by molar-refractivity contribution is 5.15. The molecule has 100 valence electrons. The van der Waals surface area contributed by atoms with E-state index in [1.807, 2.05) is 0 Å². The SMILES string of the molecule is C=C1CCC(=C)C2CC3CCC(C1)C2C(CC)C3. The lowest BCUT2D eigenvalue weighted by atomic mass is 9.61. The Bertz CT molecular complexity index is 351. The summed E-state index contributed by atoms with van der Waals surface area (Å²) in [5, 5.41) is 0. The maximum atomic E-state index is 4.46. The van der Waals surface area contributed by atoms with Crippen molar-refractivity contribution in [3.63, 3.8) is 0 Å². The number of hydrogen-bond acceptors (Lipinski definition) is 0. The van der Waals surface area contributed by atoms with Gasteiger partial charge in [0.1, 0.15) is 0 Å². The van der Waals surface area contributed by atoms with Crippen LogP contribution in [0.1, 0.15) is 58.3 Å². The first-order valence-corrected chi connectivity index (χ1v) is 8.03. The van der Waals surface area contributed by atoms with Crippen LogP contribution < -0.4 is 0 Å². The number of hydrogen-bond donors (Lipinski definition) is 0. The first-order valence-electron chi connectivity index (χ1n) is 8.03. The maximum Gasteiger partial charge on any atom is -0.0169 e. The van der Waals surface area contributed by atoms with Crippen molar-refractivity contribution in [3.8, 4) is 0 Å². The van der Waals surface area contributed by atoms with Crippen LogP contribution in [0.4, 0.5) is 0 Å². The fourth-order valence-electron chi connectivity index (χ4n) is 5.23. The topological polar surface area (TPSA) is 0 Å². The van der Waals surface area contributed by atoms with Gasteiger partial charge in [0, 0.05) is 0 Å². The predicted molar refractivity (Wildman–Crippen MR) is 78.3 cm³/mol. The summed E-state index contributed by atoms with van der Waals surface area (Å²) in [5.74, 6) is 4.71. The Morgan fingerprint density at radius 1 is 1.11 bits per heavy atom. The number of allylic oxidation sites excluding steroid dienone is 2. The monoisotopic (exact) mass is 244 g/mol. The van der Waals surface area contributed by atoms with Crippen molar-refractivity contribution < 1.29 is 0 Å². The highest BCUT2D eigenvalue weighted by atomic mass is 14.5. The van der Waals surface area contributed by atoms with Gasteiger partial charge in [0.15, 0.2) is 0 Å². The molecule has 18 heavy (non-hydrogen) atoms. The second-order valence-electron chi connectivity index (χ2n) is 7.14. The third-order valence-corrected chi connectivity index (χ3v) is 6.12. The molecule has 0 heteroatoms. The van der Waals surface area contributed by atoms with E-state index in [2.05, 4.69) is 20.1 Å². The van der Waals surface area contributed by atoms with Gasteiger partial charge in [-0.1, -0.05) is 44.1 Å². The Hall–Kier alpha value is -0.520. The van der Waals surface area contributed by atoms with Crippen molar-refractivity contribution in [2.45, 2.75) is 58.3 Å². The van der Waals surface area contributed by atoms with Gasteiger partial charge in [-0.2, -0.15) is 0 Å². The zero-order valence-corrected chi connectivity index (χ0v) is 12.0. The van der Waals surface area contributed by atoms with Gasteiger partial charge < -0.3 is 0 Å². The van der Waals surface area contributed by atoms with Gasteiger partial charge in [0.05, 0.1) is 0 Å². The predicted octanol–water partition coefficient (Wildman–Crippen LogP) is 5.36. The van der Waals surface area contributed by atoms with Crippen molar-refractivity contribution in [1.29, 1.82) is 0 Å². The highest BCUT2D eigenvalue weighted by Gasteiger charge is 2.45. The Morgan fingerprint density at radius 2 is 1.94 bits per heavy atom. The molecule has 4 rings (SSSR count). The van der Waals surface area contributed by atoms with E-state index in [0.29, 0.717) is 0 Å². The van der Waals surface area contributed by atoms with Crippen LogP contribution in [0.15, 0.2) is 24.3 Å². The molecule has 0 amide bonds. The van der Waals surface area contributed by atoms with Gasteiger partial charge in [-0.05, 0) is 68.1 Å². The summed E-state index contributed by atoms with van der Waals surface area (Å²) in [6, 6.07) is 0. The Kier molecular flexibility index (Phi) is 3.38. The Balaban J connectivity index is 1.95. The van der Waals surface area contributed by atoms with E-state index < -0.39 is 0 Å². The van der Waals surface area contributed by atoms with Gasteiger partial charge in [-0.25, -0.2) is 0 Å². The molecule has 4 aliphatic carbocycles. The molecule has 4 aliphatic rings. The molecular weight excluding hydrogens is 216 g/mol. The van der Waals surface area contributed by atoms with E-state index >= 15 is 0 Å². The zero-order valence-electron chi connectivity index (χ0n) is 12.0. The normalized spacial score (nSPS) is 44.4. The summed E-state index contributed by atoms with van der Waals surface area (Å²) in [6.07, 6.45) is 11.0. The molecule has 0 aromatic heterocycles. The van der Waals surface area contributed by atoms with Crippen LogP contribution in [-0.4, -0.2) is 0 Å². The molecular formula is C18H28. The van der Waals surface area contributed by atoms with Gasteiger partial charge in [0.25, 0.3) is 0 Å². The summed E-state index contributed by atoms with van der Waals surface area (Å²) < 4.78 is 0. The molecule has 0 nitrogen and oxygen atoms in total. The van der Waals surface area contributed by atoms with Crippen LogP contribution >= 0.6 is 0 Å². The summed E-state index contributed by atoms with van der Waals surface area (Å²) in [6.45, 7) is 11.2. The summed E-state index contributed by atoms with van der Waals surface area (Å²) >= 11 is 0. The van der Waals surface area contributed by atoms with E-state index in [4.69, 9.17) is 0 Å². The largest absolute Gasteiger partial charge is 0.0998 e. The lowest BCUT2D eigenvalue weighted by Gasteiger charge is -2.44. The van der Waals surface area contributed by atoms with E-state index in [0.717, 1.165) is 29.6 Å². The van der Waals surface area contributed by atoms with Crippen molar-refractivity contribution in [3.05, 3.63) is 24.3 Å². The summed E-state index contributed by atoms with van der Waals surface area (Å²) in [4.78, 5) is 0. The first kappa shape index (κ1) is 12.5. The fraction of sp³-hybridized carbons (Fsp3) is 0.778. The molecule has 4 bridgehead atoms. The molecule has 4 fully saturated rings. The molecule has 0 spiro atoms. The van der Waals surface area contributed by atoms with E-state index in [9.17, 15) is 0 Å². The van der Waals surface area contributed by atoms with E-state index in [-0.39, 0.29) is 0 Å². The quantitative estimate of drug-likeness (QED) is 0.545.